The summed E-state index contributed by atoms with van der Waals surface area (Å²) in [6.45, 7) is 3.77. The average molecular weight is 281 g/mol. The molecule has 0 spiro atoms. The SMILES string of the molecule is Cc1cc(C)c(C#N)c(NC(CO)Cc2ccccc2)n1. The van der Waals surface area contributed by atoms with Crippen LogP contribution in [-0.2, 0) is 6.42 Å². The second kappa shape index (κ2) is 6.87. The molecule has 0 aliphatic carbocycles. The van der Waals surface area contributed by atoms with Crippen molar-refractivity contribution in [3.63, 3.8) is 0 Å². The van der Waals surface area contributed by atoms with Crippen molar-refractivity contribution in [3.05, 3.63) is 58.8 Å². The molecule has 0 saturated heterocycles. The molecule has 0 fully saturated rings. The Kier molecular flexibility index (Phi) is 4.91. The number of hydrogen-bond acceptors (Lipinski definition) is 4. The Labute approximate surface area is 125 Å². The molecular weight excluding hydrogens is 262 g/mol. The van der Waals surface area contributed by atoms with Gasteiger partial charge in [0.05, 0.1) is 18.2 Å². The second-order valence-electron chi connectivity index (χ2n) is 5.13. The van der Waals surface area contributed by atoms with E-state index in [-0.39, 0.29) is 12.6 Å². The van der Waals surface area contributed by atoms with Crippen LogP contribution in [0.2, 0.25) is 0 Å². The zero-order valence-electron chi connectivity index (χ0n) is 12.3. The molecule has 0 aliphatic rings. The first-order valence-electron chi connectivity index (χ1n) is 6.93. The summed E-state index contributed by atoms with van der Waals surface area (Å²) in [5, 5.41) is 22.0. The van der Waals surface area contributed by atoms with Gasteiger partial charge >= 0.3 is 0 Å². The number of hydrogen-bond donors (Lipinski definition) is 2. The van der Waals surface area contributed by atoms with E-state index in [2.05, 4.69) is 16.4 Å². The third-order valence-corrected chi connectivity index (χ3v) is 3.34. The molecule has 0 saturated carbocycles. The summed E-state index contributed by atoms with van der Waals surface area (Å²) < 4.78 is 0. The summed E-state index contributed by atoms with van der Waals surface area (Å²) in [6, 6.07) is 13.8. The zero-order valence-corrected chi connectivity index (χ0v) is 12.3. The predicted molar refractivity (Wildman–Crippen MR) is 83.1 cm³/mol. The van der Waals surface area contributed by atoms with Crippen LogP contribution in [0.4, 0.5) is 5.82 Å². The smallest absolute Gasteiger partial charge is 0.144 e. The average Bonchev–Trinajstić information content (AvgIpc) is 2.47. The minimum atomic E-state index is -0.173. The lowest BCUT2D eigenvalue weighted by atomic mass is 10.1. The quantitative estimate of drug-likeness (QED) is 0.884. The lowest BCUT2D eigenvalue weighted by Gasteiger charge is -2.19. The van der Waals surface area contributed by atoms with Crippen molar-refractivity contribution in [2.24, 2.45) is 0 Å². The van der Waals surface area contributed by atoms with Crippen LogP contribution < -0.4 is 5.32 Å². The van der Waals surface area contributed by atoms with Gasteiger partial charge in [0.15, 0.2) is 0 Å². The largest absolute Gasteiger partial charge is 0.394 e. The number of aliphatic hydroxyl groups excluding tert-OH is 1. The van der Waals surface area contributed by atoms with E-state index in [1.807, 2.05) is 50.2 Å². The number of pyridine rings is 1. The molecule has 0 amide bonds. The molecule has 2 aromatic rings. The fraction of sp³-hybridized carbons (Fsp3) is 0.294. The van der Waals surface area contributed by atoms with Gasteiger partial charge in [0.2, 0.25) is 0 Å². The number of aryl methyl sites for hydroxylation is 2. The molecule has 2 rings (SSSR count). The maximum Gasteiger partial charge on any atom is 0.144 e. The molecule has 21 heavy (non-hydrogen) atoms. The summed E-state index contributed by atoms with van der Waals surface area (Å²) in [5.74, 6) is 0.546. The van der Waals surface area contributed by atoms with Crippen LogP contribution in [-0.4, -0.2) is 22.7 Å². The minimum Gasteiger partial charge on any atom is -0.394 e. The summed E-state index contributed by atoms with van der Waals surface area (Å²) in [7, 11) is 0. The summed E-state index contributed by atoms with van der Waals surface area (Å²) >= 11 is 0. The third kappa shape index (κ3) is 3.80. The summed E-state index contributed by atoms with van der Waals surface area (Å²) in [5.41, 5.74) is 3.41. The maximum absolute atomic E-state index is 9.58. The monoisotopic (exact) mass is 281 g/mol. The molecule has 0 aliphatic heterocycles. The summed E-state index contributed by atoms with van der Waals surface area (Å²) in [6.07, 6.45) is 0.677. The third-order valence-electron chi connectivity index (χ3n) is 3.34. The fourth-order valence-electron chi connectivity index (χ4n) is 2.34. The van der Waals surface area contributed by atoms with Crippen molar-refractivity contribution in [2.75, 3.05) is 11.9 Å². The van der Waals surface area contributed by atoms with Gasteiger partial charge in [-0.2, -0.15) is 5.26 Å². The predicted octanol–water partition coefficient (Wildman–Crippen LogP) is 2.59. The van der Waals surface area contributed by atoms with E-state index in [9.17, 15) is 10.4 Å². The zero-order chi connectivity index (χ0) is 15.2. The lowest BCUT2D eigenvalue weighted by Crippen LogP contribution is -2.27. The Bertz CT molecular complexity index is 647. The standard InChI is InChI=1S/C17H19N3O/c1-12-8-13(2)19-17(16(12)10-18)20-15(11-21)9-14-6-4-3-5-7-14/h3-8,15,21H,9,11H2,1-2H3,(H,19,20). The molecule has 0 bridgehead atoms. The molecule has 2 N–H and O–H groups in total. The molecule has 1 aromatic heterocycles. The van der Waals surface area contributed by atoms with Crippen LogP contribution in [0.1, 0.15) is 22.4 Å². The Balaban J connectivity index is 2.21. The number of aromatic nitrogens is 1. The molecule has 1 heterocycles. The van der Waals surface area contributed by atoms with Crippen molar-refractivity contribution in [2.45, 2.75) is 26.3 Å². The molecule has 0 radical (unpaired) electrons. The van der Waals surface area contributed by atoms with Gasteiger partial charge in [0, 0.05) is 5.69 Å². The molecule has 1 atom stereocenters. The van der Waals surface area contributed by atoms with E-state index < -0.39 is 0 Å². The first kappa shape index (κ1) is 15.0. The van der Waals surface area contributed by atoms with Crippen LogP contribution in [0.5, 0.6) is 0 Å². The number of aliphatic hydroxyl groups is 1. The number of anilines is 1. The normalized spacial score (nSPS) is 11.7. The van der Waals surface area contributed by atoms with Crippen LogP contribution in [0.3, 0.4) is 0 Å². The molecule has 4 heteroatoms. The minimum absolute atomic E-state index is 0.0194. The van der Waals surface area contributed by atoms with E-state index in [1.54, 1.807) is 0 Å². The van der Waals surface area contributed by atoms with E-state index in [0.29, 0.717) is 17.8 Å². The molecule has 1 aromatic carbocycles. The summed E-state index contributed by atoms with van der Waals surface area (Å²) in [4.78, 5) is 4.39. The van der Waals surface area contributed by atoms with E-state index in [0.717, 1.165) is 16.8 Å². The highest BCUT2D eigenvalue weighted by Gasteiger charge is 2.14. The Morgan fingerprint density at radius 1 is 1.29 bits per heavy atom. The molecular formula is C17H19N3O. The van der Waals surface area contributed by atoms with Crippen molar-refractivity contribution < 1.29 is 5.11 Å². The first-order chi connectivity index (χ1) is 10.1. The maximum atomic E-state index is 9.58. The molecule has 1 unspecified atom stereocenters. The first-order valence-corrected chi connectivity index (χ1v) is 6.93. The highest BCUT2D eigenvalue weighted by Crippen LogP contribution is 2.19. The van der Waals surface area contributed by atoms with Crippen LogP contribution in [0.25, 0.3) is 0 Å². The highest BCUT2D eigenvalue weighted by molar-refractivity contribution is 5.57. The van der Waals surface area contributed by atoms with Crippen LogP contribution >= 0.6 is 0 Å². The Morgan fingerprint density at radius 3 is 2.62 bits per heavy atom. The molecule has 108 valence electrons. The number of nitrogens with zero attached hydrogens (tertiary/aromatic N) is 2. The number of rotatable bonds is 5. The topological polar surface area (TPSA) is 68.9 Å². The van der Waals surface area contributed by atoms with Gasteiger partial charge in [-0.15, -0.1) is 0 Å². The second-order valence-corrected chi connectivity index (χ2v) is 5.13. The number of nitriles is 1. The van der Waals surface area contributed by atoms with Gasteiger partial charge in [-0.25, -0.2) is 4.98 Å². The number of nitrogens with one attached hydrogen (secondary N) is 1. The van der Waals surface area contributed by atoms with Gasteiger partial charge in [-0.1, -0.05) is 30.3 Å². The van der Waals surface area contributed by atoms with Gasteiger partial charge in [0.25, 0.3) is 0 Å². The van der Waals surface area contributed by atoms with Crippen molar-refractivity contribution in [1.82, 2.24) is 4.98 Å². The molecule has 4 nitrogen and oxygen atoms in total. The number of benzene rings is 1. The van der Waals surface area contributed by atoms with Gasteiger partial charge in [-0.05, 0) is 37.5 Å². The van der Waals surface area contributed by atoms with E-state index >= 15 is 0 Å². The fourth-order valence-corrected chi connectivity index (χ4v) is 2.34. The van der Waals surface area contributed by atoms with Crippen molar-refractivity contribution in [3.8, 4) is 6.07 Å². The Morgan fingerprint density at radius 2 is 2.00 bits per heavy atom. The van der Waals surface area contributed by atoms with Crippen LogP contribution in [0, 0.1) is 25.2 Å². The van der Waals surface area contributed by atoms with Crippen molar-refractivity contribution >= 4 is 5.82 Å². The lowest BCUT2D eigenvalue weighted by molar-refractivity contribution is 0.273. The Hall–Kier alpha value is -2.38. The van der Waals surface area contributed by atoms with Crippen molar-refractivity contribution in [1.29, 1.82) is 5.26 Å². The van der Waals surface area contributed by atoms with Gasteiger partial charge in [-0.3, -0.25) is 0 Å². The highest BCUT2D eigenvalue weighted by atomic mass is 16.3. The van der Waals surface area contributed by atoms with Gasteiger partial charge in [0.1, 0.15) is 11.9 Å². The van der Waals surface area contributed by atoms with Gasteiger partial charge < -0.3 is 10.4 Å². The van der Waals surface area contributed by atoms with E-state index in [4.69, 9.17) is 0 Å². The van der Waals surface area contributed by atoms with E-state index in [1.165, 1.54) is 0 Å². The van der Waals surface area contributed by atoms with Crippen LogP contribution in [0.15, 0.2) is 36.4 Å².